The van der Waals surface area contributed by atoms with Gasteiger partial charge in [-0.2, -0.15) is 0 Å². The largest absolute Gasteiger partial charge is 0.495 e. The number of nitrogens with two attached hydrogens (primary N) is 1. The second-order valence-electron chi connectivity index (χ2n) is 7.00. The van der Waals surface area contributed by atoms with Gasteiger partial charge in [-0.05, 0) is 25.8 Å². The summed E-state index contributed by atoms with van der Waals surface area (Å²) in [5, 5.41) is 6.23. The number of aryl methyl sites for hydroxylation is 1. The first kappa shape index (κ1) is 24.8. The molecule has 7 nitrogen and oxygen atoms in total. The number of hydrogen-bond acceptors (Lipinski definition) is 6. The summed E-state index contributed by atoms with van der Waals surface area (Å²) in [5.74, 6) is 2.64. The van der Waals surface area contributed by atoms with Crippen LogP contribution in [0.15, 0.2) is 36.3 Å². The maximum absolute atomic E-state index is 12.4. The van der Waals surface area contributed by atoms with Crippen molar-refractivity contribution >= 4 is 11.7 Å². The number of ether oxygens (including phenoxy) is 1. The van der Waals surface area contributed by atoms with Gasteiger partial charge in [0.25, 0.3) is 5.91 Å². The van der Waals surface area contributed by atoms with E-state index in [-0.39, 0.29) is 30.1 Å². The van der Waals surface area contributed by atoms with Gasteiger partial charge in [0.05, 0.1) is 18.5 Å². The molecule has 30 heavy (non-hydrogen) atoms. The summed E-state index contributed by atoms with van der Waals surface area (Å²) in [6.45, 7) is 10.5. The molecule has 0 saturated carbocycles. The average Bonchev–Trinajstić information content (AvgIpc) is 2.74. The molecule has 0 fully saturated rings. The van der Waals surface area contributed by atoms with E-state index in [1.54, 1.807) is 19.3 Å². The van der Waals surface area contributed by atoms with Crippen molar-refractivity contribution in [3.05, 3.63) is 53.3 Å². The van der Waals surface area contributed by atoms with Crippen molar-refractivity contribution in [2.75, 3.05) is 12.3 Å². The number of nitrogen functional groups attached to an aromatic ring is 1. The Bertz CT molecular complexity index is 835. The number of amides is 1. The van der Waals surface area contributed by atoms with E-state index in [2.05, 4.69) is 46.4 Å². The van der Waals surface area contributed by atoms with E-state index < -0.39 is 0 Å². The van der Waals surface area contributed by atoms with Crippen LogP contribution in [0.4, 0.5) is 5.82 Å². The van der Waals surface area contributed by atoms with Crippen molar-refractivity contribution in [2.24, 2.45) is 5.92 Å². The molecule has 0 spiro atoms. The van der Waals surface area contributed by atoms with Crippen LogP contribution in [0.2, 0.25) is 0 Å². The zero-order valence-electron chi connectivity index (χ0n) is 18.5. The number of dihydropyridines is 1. The van der Waals surface area contributed by atoms with Gasteiger partial charge in [0.1, 0.15) is 12.3 Å². The van der Waals surface area contributed by atoms with Crippen LogP contribution in [0.1, 0.15) is 56.0 Å². The van der Waals surface area contributed by atoms with Crippen molar-refractivity contribution in [3.8, 4) is 12.3 Å². The van der Waals surface area contributed by atoms with Crippen LogP contribution in [0.25, 0.3) is 0 Å². The zero-order chi connectivity index (χ0) is 22.5. The first-order chi connectivity index (χ1) is 14.3. The van der Waals surface area contributed by atoms with Gasteiger partial charge in [0, 0.05) is 18.2 Å². The molecule has 7 heteroatoms. The maximum Gasteiger partial charge on any atom is 0.274 e. The minimum Gasteiger partial charge on any atom is -0.495 e. The minimum absolute atomic E-state index is 0.0951. The topological polar surface area (TPSA) is 102 Å². The Morgan fingerprint density at radius 1 is 1.47 bits per heavy atom. The average molecular weight is 412 g/mol. The molecule has 1 aliphatic heterocycles. The van der Waals surface area contributed by atoms with Gasteiger partial charge in [0.2, 0.25) is 0 Å². The van der Waals surface area contributed by atoms with Gasteiger partial charge < -0.3 is 21.1 Å². The van der Waals surface area contributed by atoms with Crippen LogP contribution in [-0.4, -0.2) is 28.5 Å². The molecular weight excluding hydrogens is 378 g/mol. The molecule has 4 N–H and O–H groups in total. The number of hydrogen-bond donors (Lipinski definition) is 3. The van der Waals surface area contributed by atoms with Crippen LogP contribution in [0.5, 0.6) is 0 Å². The number of anilines is 1. The second kappa shape index (κ2) is 13.0. The van der Waals surface area contributed by atoms with Gasteiger partial charge in [-0.1, -0.05) is 39.0 Å². The first-order valence-corrected chi connectivity index (χ1v) is 10.0. The smallest absolute Gasteiger partial charge is 0.274 e. The number of nitrogens with zero attached hydrogens (tertiary/aromatic N) is 2. The lowest BCUT2D eigenvalue weighted by Gasteiger charge is -2.25. The lowest BCUT2D eigenvalue weighted by Crippen LogP contribution is -2.38. The van der Waals surface area contributed by atoms with Gasteiger partial charge in [-0.25, -0.2) is 9.97 Å². The Labute approximate surface area is 179 Å². The molecule has 0 aromatic carbocycles. The molecule has 1 unspecified atom stereocenters. The summed E-state index contributed by atoms with van der Waals surface area (Å²) < 4.78 is 5.30. The van der Waals surface area contributed by atoms with Crippen molar-refractivity contribution in [1.29, 1.82) is 0 Å². The van der Waals surface area contributed by atoms with Crippen molar-refractivity contribution in [3.63, 3.8) is 0 Å². The Morgan fingerprint density at radius 3 is 2.77 bits per heavy atom. The van der Waals surface area contributed by atoms with Crippen LogP contribution in [0, 0.1) is 25.2 Å². The molecule has 0 aliphatic carbocycles. The van der Waals surface area contributed by atoms with Crippen molar-refractivity contribution < 1.29 is 9.53 Å². The third-order valence-electron chi connectivity index (χ3n) is 4.19. The van der Waals surface area contributed by atoms with Gasteiger partial charge in [0.15, 0.2) is 11.5 Å². The number of carbonyl (C=O) groups excluding carboxylic acids is 1. The van der Waals surface area contributed by atoms with Gasteiger partial charge >= 0.3 is 0 Å². The molecule has 0 saturated heterocycles. The van der Waals surface area contributed by atoms with Crippen LogP contribution >= 0.6 is 0 Å². The van der Waals surface area contributed by atoms with Crippen molar-refractivity contribution in [2.45, 2.75) is 53.7 Å². The highest BCUT2D eigenvalue weighted by Crippen LogP contribution is 2.13. The number of aromatic nitrogens is 2. The molecule has 162 valence electrons. The fourth-order valence-corrected chi connectivity index (χ4v) is 2.46. The molecule has 1 atom stereocenters. The van der Waals surface area contributed by atoms with Crippen LogP contribution in [0.3, 0.4) is 0 Å². The predicted molar refractivity (Wildman–Crippen MR) is 121 cm³/mol. The first-order valence-electron chi connectivity index (χ1n) is 10.0. The summed E-state index contributed by atoms with van der Waals surface area (Å²) >= 11 is 0. The molecule has 1 aliphatic rings. The standard InChI is InChI=1S/C19H27N5O2.C4H6/c1-5-9-26-11-16-13(4)22-17(18(20)24-16)19(25)21-10-14-7-6-8-15(23-14)12(2)3;1-3-4-2/h5-9,12,15,23H,10-11H2,1-4H3,(H2,20,24)(H,21,25);1H,4H2,2H3/b9-5-;. The number of rotatable bonds is 7. The molecule has 2 rings (SSSR count). The van der Waals surface area contributed by atoms with E-state index in [9.17, 15) is 4.79 Å². The van der Waals surface area contributed by atoms with E-state index >= 15 is 0 Å². The Kier molecular flexibility index (Phi) is 10.8. The van der Waals surface area contributed by atoms with E-state index in [4.69, 9.17) is 16.9 Å². The summed E-state index contributed by atoms with van der Waals surface area (Å²) in [6, 6.07) is 0.260. The molecular formula is C23H33N5O2. The summed E-state index contributed by atoms with van der Waals surface area (Å²) in [4.78, 5) is 21.0. The predicted octanol–water partition coefficient (Wildman–Crippen LogP) is 3.24. The summed E-state index contributed by atoms with van der Waals surface area (Å²) in [7, 11) is 0. The summed E-state index contributed by atoms with van der Waals surface area (Å²) in [6.07, 6.45) is 15.0. The molecule has 2 heterocycles. The Morgan fingerprint density at radius 2 is 2.17 bits per heavy atom. The highest BCUT2D eigenvalue weighted by atomic mass is 16.5. The molecule has 1 aromatic heterocycles. The van der Waals surface area contributed by atoms with E-state index in [0.717, 1.165) is 12.1 Å². The highest BCUT2D eigenvalue weighted by molar-refractivity contribution is 5.96. The quantitative estimate of drug-likeness (QED) is 0.470. The molecule has 1 amide bonds. The second-order valence-corrected chi connectivity index (χ2v) is 7.00. The fraction of sp³-hybridized carbons (Fsp3) is 0.435. The minimum atomic E-state index is -0.350. The van der Waals surface area contributed by atoms with Gasteiger partial charge in [-0.3, -0.25) is 4.79 Å². The molecule has 0 bridgehead atoms. The highest BCUT2D eigenvalue weighted by Gasteiger charge is 2.18. The summed E-state index contributed by atoms with van der Waals surface area (Å²) in [5.41, 5.74) is 8.22. The number of terminal acetylenes is 1. The normalized spacial score (nSPS) is 15.0. The van der Waals surface area contributed by atoms with Gasteiger partial charge in [-0.15, -0.1) is 12.3 Å². The Hall–Kier alpha value is -3.27. The van der Waals surface area contributed by atoms with E-state index in [1.165, 1.54) is 0 Å². The zero-order valence-corrected chi connectivity index (χ0v) is 18.5. The lowest BCUT2D eigenvalue weighted by molar-refractivity contribution is 0.0951. The number of carbonyl (C=O) groups is 1. The lowest BCUT2D eigenvalue weighted by atomic mass is 10.0. The SMILES string of the molecule is C#CCC.C/C=C\OCc1nc(N)c(C(=O)NCC2=CC=CC(C(C)C)N2)nc1C. The molecule has 1 aromatic rings. The van der Waals surface area contributed by atoms with Crippen LogP contribution in [-0.2, 0) is 11.3 Å². The number of allylic oxidation sites excluding steroid dienone is 3. The van der Waals surface area contributed by atoms with Crippen molar-refractivity contribution in [1.82, 2.24) is 20.6 Å². The third kappa shape index (κ3) is 8.00. The maximum atomic E-state index is 12.4. The van der Waals surface area contributed by atoms with E-state index in [1.807, 2.05) is 26.0 Å². The Balaban J connectivity index is 0.00000103. The third-order valence-corrected chi connectivity index (χ3v) is 4.19. The fourth-order valence-electron chi connectivity index (χ4n) is 2.46. The van der Waals surface area contributed by atoms with Crippen LogP contribution < -0.4 is 16.4 Å². The molecule has 0 radical (unpaired) electrons. The number of nitrogens with one attached hydrogen (secondary N) is 2. The van der Waals surface area contributed by atoms with E-state index in [0.29, 0.717) is 23.9 Å². The monoisotopic (exact) mass is 411 g/mol.